The number of esters is 1. The van der Waals surface area contributed by atoms with E-state index in [1.165, 1.54) is 12.7 Å². The lowest BCUT2D eigenvalue weighted by molar-refractivity contribution is 0.0602. The van der Waals surface area contributed by atoms with Gasteiger partial charge in [0, 0.05) is 32.7 Å². The predicted octanol–water partition coefficient (Wildman–Crippen LogP) is 2.87. The van der Waals surface area contributed by atoms with Gasteiger partial charge >= 0.3 is 12.0 Å². The number of piperazine rings is 1. The van der Waals surface area contributed by atoms with Crippen LogP contribution >= 0.6 is 0 Å². The second-order valence-corrected chi connectivity index (χ2v) is 6.53. The highest BCUT2D eigenvalue weighted by Gasteiger charge is 2.22. The molecule has 0 aromatic heterocycles. The fourth-order valence-corrected chi connectivity index (χ4v) is 3.18. The number of nitrogens with one attached hydrogen (secondary N) is 1. The van der Waals surface area contributed by atoms with Crippen molar-refractivity contribution in [1.29, 1.82) is 0 Å². The molecule has 6 nitrogen and oxygen atoms in total. The third kappa shape index (κ3) is 5.08. The third-order valence-electron chi connectivity index (χ3n) is 4.79. The highest BCUT2D eigenvalue weighted by molar-refractivity contribution is 6.00. The molecule has 1 heterocycles. The maximum Gasteiger partial charge on any atom is 0.339 e. The number of para-hydroxylation sites is 1. The summed E-state index contributed by atoms with van der Waals surface area (Å²) >= 11 is 0. The van der Waals surface area contributed by atoms with Gasteiger partial charge in [0.25, 0.3) is 0 Å². The van der Waals surface area contributed by atoms with E-state index in [-0.39, 0.29) is 6.03 Å². The lowest BCUT2D eigenvalue weighted by Gasteiger charge is -2.34. The fraction of sp³-hybridized carbons (Fsp3) is 0.333. The average Bonchev–Trinajstić information content (AvgIpc) is 2.73. The molecule has 0 unspecified atom stereocenters. The number of rotatable bonds is 5. The number of benzene rings is 2. The van der Waals surface area contributed by atoms with E-state index < -0.39 is 5.97 Å². The Morgan fingerprint density at radius 3 is 2.33 bits per heavy atom. The first-order chi connectivity index (χ1) is 13.2. The highest BCUT2D eigenvalue weighted by atomic mass is 16.5. The number of urea groups is 1. The number of amides is 2. The summed E-state index contributed by atoms with van der Waals surface area (Å²) in [7, 11) is 1.33. The van der Waals surface area contributed by atoms with Crippen LogP contribution in [-0.4, -0.2) is 61.6 Å². The first-order valence-electron chi connectivity index (χ1n) is 9.17. The predicted molar refractivity (Wildman–Crippen MR) is 105 cm³/mol. The minimum atomic E-state index is -0.461. The summed E-state index contributed by atoms with van der Waals surface area (Å²) in [5.74, 6) is -0.461. The molecule has 0 radical (unpaired) electrons. The minimum absolute atomic E-state index is 0.186. The molecule has 2 aromatic carbocycles. The van der Waals surface area contributed by atoms with Crippen LogP contribution in [0.4, 0.5) is 10.5 Å². The van der Waals surface area contributed by atoms with E-state index in [9.17, 15) is 9.59 Å². The van der Waals surface area contributed by atoms with Gasteiger partial charge in [0.1, 0.15) is 0 Å². The Morgan fingerprint density at radius 1 is 0.963 bits per heavy atom. The summed E-state index contributed by atoms with van der Waals surface area (Å²) in [6.07, 6.45) is 1.01. The van der Waals surface area contributed by atoms with Crippen LogP contribution in [0.5, 0.6) is 0 Å². The van der Waals surface area contributed by atoms with E-state index in [1.54, 1.807) is 29.2 Å². The monoisotopic (exact) mass is 367 g/mol. The van der Waals surface area contributed by atoms with E-state index in [4.69, 9.17) is 4.74 Å². The summed E-state index contributed by atoms with van der Waals surface area (Å²) in [5.41, 5.74) is 2.16. The maximum absolute atomic E-state index is 12.6. The first-order valence-corrected chi connectivity index (χ1v) is 9.17. The molecule has 27 heavy (non-hydrogen) atoms. The van der Waals surface area contributed by atoms with Gasteiger partial charge in [-0.2, -0.15) is 0 Å². The zero-order chi connectivity index (χ0) is 19.1. The van der Waals surface area contributed by atoms with Crippen molar-refractivity contribution in [1.82, 2.24) is 9.80 Å². The molecule has 0 saturated carbocycles. The zero-order valence-corrected chi connectivity index (χ0v) is 15.6. The molecule has 1 saturated heterocycles. The Labute approximate surface area is 159 Å². The van der Waals surface area contributed by atoms with Crippen molar-refractivity contribution >= 4 is 17.7 Å². The number of carbonyl (C=O) groups excluding carboxylic acids is 2. The Hall–Kier alpha value is -2.86. The average molecular weight is 367 g/mol. The van der Waals surface area contributed by atoms with Crippen LogP contribution in [0.25, 0.3) is 0 Å². The normalized spacial score (nSPS) is 14.6. The van der Waals surface area contributed by atoms with Crippen LogP contribution in [0.15, 0.2) is 54.6 Å². The van der Waals surface area contributed by atoms with Crippen molar-refractivity contribution in [2.75, 3.05) is 45.2 Å². The van der Waals surface area contributed by atoms with E-state index in [0.29, 0.717) is 24.3 Å². The van der Waals surface area contributed by atoms with Gasteiger partial charge in [-0.05, 0) is 24.1 Å². The van der Waals surface area contributed by atoms with Gasteiger partial charge in [-0.15, -0.1) is 0 Å². The van der Waals surface area contributed by atoms with E-state index in [1.807, 2.05) is 6.07 Å². The van der Waals surface area contributed by atoms with Crippen LogP contribution in [0, 0.1) is 0 Å². The molecule has 142 valence electrons. The lowest BCUT2D eigenvalue weighted by Crippen LogP contribution is -2.50. The number of anilines is 1. The molecular weight excluding hydrogens is 342 g/mol. The quantitative estimate of drug-likeness (QED) is 0.826. The Bertz CT molecular complexity index is 771. The summed E-state index contributed by atoms with van der Waals surface area (Å²) in [6.45, 7) is 4.02. The van der Waals surface area contributed by atoms with Gasteiger partial charge in [0.05, 0.1) is 18.4 Å². The first kappa shape index (κ1) is 18.9. The Kier molecular flexibility index (Phi) is 6.44. The lowest BCUT2D eigenvalue weighted by atomic mass is 10.1. The summed E-state index contributed by atoms with van der Waals surface area (Å²) < 4.78 is 4.77. The van der Waals surface area contributed by atoms with E-state index in [0.717, 1.165) is 26.1 Å². The summed E-state index contributed by atoms with van der Waals surface area (Å²) in [5, 5.41) is 2.84. The van der Waals surface area contributed by atoms with Crippen LogP contribution in [0.1, 0.15) is 15.9 Å². The number of nitrogens with zero attached hydrogens (tertiary/aromatic N) is 2. The Morgan fingerprint density at radius 2 is 1.63 bits per heavy atom. The summed E-state index contributed by atoms with van der Waals surface area (Å²) in [6, 6.07) is 17.1. The molecule has 1 aliphatic rings. The topological polar surface area (TPSA) is 61.9 Å². The van der Waals surface area contributed by atoms with Crippen molar-refractivity contribution in [3.63, 3.8) is 0 Å². The van der Waals surface area contributed by atoms with Crippen LogP contribution in [0.3, 0.4) is 0 Å². The summed E-state index contributed by atoms with van der Waals surface area (Å²) in [4.78, 5) is 28.5. The van der Waals surface area contributed by atoms with Crippen molar-refractivity contribution < 1.29 is 14.3 Å². The van der Waals surface area contributed by atoms with Gasteiger partial charge in [-0.3, -0.25) is 4.90 Å². The zero-order valence-electron chi connectivity index (χ0n) is 15.6. The van der Waals surface area contributed by atoms with Crippen molar-refractivity contribution in [3.05, 3.63) is 65.7 Å². The number of methoxy groups -OCH3 is 1. The molecule has 0 bridgehead atoms. The van der Waals surface area contributed by atoms with Gasteiger partial charge in [-0.25, -0.2) is 9.59 Å². The molecule has 1 fully saturated rings. The van der Waals surface area contributed by atoms with E-state index in [2.05, 4.69) is 34.5 Å². The molecule has 0 aliphatic carbocycles. The largest absolute Gasteiger partial charge is 0.465 e. The molecule has 0 atom stereocenters. The van der Waals surface area contributed by atoms with Crippen LogP contribution < -0.4 is 5.32 Å². The number of hydrogen-bond donors (Lipinski definition) is 1. The van der Waals surface area contributed by atoms with Gasteiger partial charge < -0.3 is 15.0 Å². The minimum Gasteiger partial charge on any atom is -0.465 e. The van der Waals surface area contributed by atoms with Gasteiger partial charge in [0.2, 0.25) is 0 Å². The number of carbonyl (C=O) groups is 2. The second-order valence-electron chi connectivity index (χ2n) is 6.53. The molecule has 1 N–H and O–H groups in total. The number of hydrogen-bond acceptors (Lipinski definition) is 4. The second kappa shape index (κ2) is 9.19. The third-order valence-corrected chi connectivity index (χ3v) is 4.79. The smallest absolute Gasteiger partial charge is 0.339 e. The van der Waals surface area contributed by atoms with Crippen molar-refractivity contribution in [2.45, 2.75) is 6.42 Å². The molecule has 1 aliphatic heterocycles. The van der Waals surface area contributed by atoms with Crippen LogP contribution in [0.2, 0.25) is 0 Å². The molecule has 2 amide bonds. The van der Waals surface area contributed by atoms with Crippen molar-refractivity contribution in [2.24, 2.45) is 0 Å². The van der Waals surface area contributed by atoms with Gasteiger partial charge in [-0.1, -0.05) is 42.5 Å². The molecule has 6 heteroatoms. The molecule has 3 rings (SSSR count). The SMILES string of the molecule is COC(=O)c1ccccc1NC(=O)N1CCN(CCc2ccccc2)CC1. The maximum atomic E-state index is 12.6. The van der Waals surface area contributed by atoms with E-state index >= 15 is 0 Å². The Balaban J connectivity index is 1.50. The van der Waals surface area contributed by atoms with Crippen molar-refractivity contribution in [3.8, 4) is 0 Å². The molecule has 2 aromatic rings. The number of ether oxygens (including phenoxy) is 1. The fourth-order valence-electron chi connectivity index (χ4n) is 3.18. The molecule has 0 spiro atoms. The van der Waals surface area contributed by atoms with Crippen LogP contribution in [-0.2, 0) is 11.2 Å². The standard InChI is InChI=1S/C21H25N3O3/c1-27-20(25)18-9-5-6-10-19(18)22-21(26)24-15-13-23(14-16-24)12-11-17-7-3-2-4-8-17/h2-10H,11-16H2,1H3,(H,22,26). The highest BCUT2D eigenvalue weighted by Crippen LogP contribution is 2.17. The van der Waals surface area contributed by atoms with Gasteiger partial charge in [0.15, 0.2) is 0 Å². The molecular formula is C21H25N3O3.